The molecule has 0 amide bonds. The minimum atomic E-state index is 0.615. The fourth-order valence-corrected chi connectivity index (χ4v) is 16.8. The van der Waals surface area contributed by atoms with Crippen molar-refractivity contribution in [1.29, 1.82) is 0 Å². The Kier molecular flexibility index (Phi) is 13.8. The Labute approximate surface area is 572 Å². The first-order chi connectivity index (χ1) is 48.5. The fraction of sp³-hybridized carbons (Fsp3) is 0. The van der Waals surface area contributed by atoms with Gasteiger partial charge in [0.15, 0.2) is 34.9 Å². The average molecular weight is 1280 g/mol. The first-order valence-corrected chi connectivity index (χ1v) is 34.5. The summed E-state index contributed by atoms with van der Waals surface area (Å²) in [6.07, 6.45) is 0. The molecule has 0 unspecified atom stereocenters. The molecule has 8 heteroatoms. The summed E-state index contributed by atoms with van der Waals surface area (Å²) in [4.78, 5) is 31.1. The van der Waals surface area contributed by atoms with E-state index in [0.717, 1.165) is 81.7 Å². The minimum Gasteiger partial charge on any atom is -0.208 e. The zero-order chi connectivity index (χ0) is 64.6. The van der Waals surface area contributed by atoms with Crippen LogP contribution in [0.5, 0.6) is 0 Å². The summed E-state index contributed by atoms with van der Waals surface area (Å²) in [6, 6.07) is 117. The molecular formula is C90H54N6S2. The summed E-state index contributed by atoms with van der Waals surface area (Å²) >= 11 is 3.58. The van der Waals surface area contributed by atoms with Gasteiger partial charge >= 0.3 is 0 Å². The smallest absolute Gasteiger partial charge is 0.165 e. The number of thiophene rings is 2. The minimum absolute atomic E-state index is 0.615. The van der Waals surface area contributed by atoms with E-state index >= 15 is 0 Å². The van der Waals surface area contributed by atoms with Gasteiger partial charge in [-0.2, -0.15) is 0 Å². The highest BCUT2D eigenvalue weighted by Crippen LogP contribution is 2.47. The quantitative estimate of drug-likeness (QED) is 0.120. The van der Waals surface area contributed by atoms with Crippen LogP contribution in [0.15, 0.2) is 328 Å². The molecule has 0 fully saturated rings. The van der Waals surface area contributed by atoms with Crippen molar-refractivity contribution in [3.05, 3.63) is 328 Å². The molecule has 0 aliphatic rings. The highest BCUT2D eigenvalue weighted by Gasteiger charge is 2.22. The standard InChI is InChI=1S/C90H54N6S2/c1-4-20-59(21-5-1)85-91-86(60-22-6-2-7-23-60)94-89(93-85)76-38-16-36-74-81-67(34-18-40-79(81)97-83(74)76)58-48-46-56(47-49-58)55-42-44-57(45-43-55)62-26-14-27-63(52-62)64-28-15-29-66(53-64)88-92-87(61-24-8-3-9-25-61)95-90(96-88)77-39-17-37-75-82-68(35-19-41-80(82)98-84(75)77)65-50-51-73-71-32-11-10-30-69(71)70-31-12-13-33-72(70)78(73)54-65/h1-54H. The van der Waals surface area contributed by atoms with Gasteiger partial charge < -0.3 is 0 Å². The van der Waals surface area contributed by atoms with E-state index in [1.165, 1.54) is 80.0 Å². The lowest BCUT2D eigenvalue weighted by atomic mass is 9.91. The summed E-state index contributed by atoms with van der Waals surface area (Å²) in [7, 11) is 0. The van der Waals surface area contributed by atoms with Crippen molar-refractivity contribution < 1.29 is 0 Å². The Morgan fingerprint density at radius 3 is 0.929 bits per heavy atom. The maximum atomic E-state index is 5.37. The molecule has 0 N–H and O–H groups in total. The van der Waals surface area contributed by atoms with E-state index in [1.807, 2.05) is 54.6 Å². The molecule has 0 radical (unpaired) electrons. The lowest BCUT2D eigenvalue weighted by Gasteiger charge is -2.13. The molecule has 6 nitrogen and oxygen atoms in total. The number of fused-ring (bicyclic) bond motifs is 12. The molecule has 19 aromatic rings. The Morgan fingerprint density at radius 1 is 0.163 bits per heavy atom. The van der Waals surface area contributed by atoms with Gasteiger partial charge in [-0.15, -0.1) is 22.7 Å². The summed E-state index contributed by atoms with van der Waals surface area (Å²) in [5.74, 6) is 3.83. The summed E-state index contributed by atoms with van der Waals surface area (Å²) in [6.45, 7) is 0. The zero-order valence-electron chi connectivity index (χ0n) is 52.7. The fourth-order valence-electron chi connectivity index (χ4n) is 14.3. The van der Waals surface area contributed by atoms with Crippen molar-refractivity contribution in [2.24, 2.45) is 0 Å². The van der Waals surface area contributed by atoms with Gasteiger partial charge in [0.25, 0.3) is 0 Å². The number of nitrogens with zero attached hydrogens (tertiary/aromatic N) is 6. The maximum absolute atomic E-state index is 5.37. The van der Waals surface area contributed by atoms with Crippen molar-refractivity contribution in [3.63, 3.8) is 0 Å². The van der Waals surface area contributed by atoms with E-state index in [0.29, 0.717) is 34.9 Å². The van der Waals surface area contributed by atoms with E-state index < -0.39 is 0 Å². The van der Waals surface area contributed by atoms with Crippen LogP contribution < -0.4 is 0 Å². The normalized spacial score (nSPS) is 11.7. The summed E-state index contributed by atoms with van der Waals surface area (Å²) < 4.78 is 4.72. The van der Waals surface area contributed by atoms with E-state index in [9.17, 15) is 0 Å². The molecule has 98 heavy (non-hydrogen) atoms. The van der Waals surface area contributed by atoms with Crippen molar-refractivity contribution in [2.45, 2.75) is 0 Å². The Bertz CT molecular complexity index is 6250. The highest BCUT2D eigenvalue weighted by atomic mass is 32.1. The van der Waals surface area contributed by atoms with Gasteiger partial charge in [-0.05, 0) is 130 Å². The van der Waals surface area contributed by atoms with E-state index in [4.69, 9.17) is 29.9 Å². The van der Waals surface area contributed by atoms with Crippen molar-refractivity contribution in [1.82, 2.24) is 29.9 Å². The second-order valence-electron chi connectivity index (χ2n) is 24.8. The average Bonchev–Trinajstić information content (AvgIpc) is 1.76. The van der Waals surface area contributed by atoms with Crippen LogP contribution in [0.1, 0.15) is 0 Å². The molecule has 0 spiro atoms. The first-order valence-electron chi connectivity index (χ1n) is 32.9. The third-order valence-corrected chi connectivity index (χ3v) is 21.4. The molecule has 0 bridgehead atoms. The molecule has 19 rings (SSSR count). The van der Waals surface area contributed by atoms with Gasteiger partial charge in [0.1, 0.15) is 0 Å². The number of benzene rings is 15. The molecule has 0 aliphatic heterocycles. The van der Waals surface area contributed by atoms with Crippen molar-refractivity contribution >= 4 is 95.3 Å². The van der Waals surface area contributed by atoms with Crippen LogP contribution in [0.2, 0.25) is 0 Å². The predicted molar refractivity (Wildman–Crippen MR) is 411 cm³/mol. The monoisotopic (exact) mass is 1280 g/mol. The van der Waals surface area contributed by atoms with Gasteiger partial charge in [-0.3, -0.25) is 0 Å². The zero-order valence-corrected chi connectivity index (χ0v) is 54.3. The largest absolute Gasteiger partial charge is 0.208 e. The van der Waals surface area contributed by atoms with Gasteiger partial charge in [0.05, 0.1) is 0 Å². The lowest BCUT2D eigenvalue weighted by molar-refractivity contribution is 1.08. The SMILES string of the molecule is c1ccc(-c2nc(-c3ccccc3)nc(-c3cccc4c3sc3cccc(-c5ccc(-c6ccc(-c7cccc(-c8cccc(-c9nc(-c%10ccccc%10)nc(-c%10cccc%11c%10sc%10cccc(-c%12ccc%13c%14ccccc%14c%14ccccc%14c%13c%12)c%10%11)n9)c8)c7)cc6)cc5)c34)n2)cc1. The number of hydrogen-bond donors (Lipinski definition) is 0. The molecular weight excluding hydrogens is 1230 g/mol. The third-order valence-electron chi connectivity index (χ3n) is 19.0. The van der Waals surface area contributed by atoms with Crippen LogP contribution >= 0.6 is 22.7 Å². The van der Waals surface area contributed by atoms with Crippen LogP contribution in [-0.4, -0.2) is 29.9 Å². The van der Waals surface area contributed by atoms with Gasteiger partial charge in [-0.1, -0.05) is 285 Å². The van der Waals surface area contributed by atoms with Crippen LogP contribution in [0.3, 0.4) is 0 Å². The van der Waals surface area contributed by atoms with Crippen molar-refractivity contribution in [2.75, 3.05) is 0 Å². The number of rotatable bonds is 11. The molecule has 0 atom stereocenters. The molecule has 0 saturated carbocycles. The van der Waals surface area contributed by atoms with Crippen molar-refractivity contribution in [3.8, 4) is 124 Å². The summed E-state index contributed by atoms with van der Waals surface area (Å²) in [5, 5.41) is 12.4. The Morgan fingerprint density at radius 2 is 0.459 bits per heavy atom. The second kappa shape index (κ2) is 23.8. The van der Waals surface area contributed by atoms with Crippen LogP contribution in [0.4, 0.5) is 0 Å². The second-order valence-corrected chi connectivity index (χ2v) is 26.9. The van der Waals surface area contributed by atoms with Crippen LogP contribution in [0.25, 0.3) is 197 Å². The molecule has 15 aromatic carbocycles. The predicted octanol–water partition coefficient (Wildman–Crippen LogP) is 24.6. The Hall–Kier alpha value is -12.5. The topological polar surface area (TPSA) is 77.3 Å². The molecule has 0 aliphatic carbocycles. The summed E-state index contributed by atoms with van der Waals surface area (Å²) in [5.41, 5.74) is 17.2. The van der Waals surface area contributed by atoms with Crippen LogP contribution in [0, 0.1) is 0 Å². The Balaban J connectivity index is 0.618. The first kappa shape index (κ1) is 57.0. The molecule has 4 aromatic heterocycles. The van der Waals surface area contributed by atoms with Gasteiger partial charge in [0, 0.05) is 73.7 Å². The van der Waals surface area contributed by atoms with Gasteiger partial charge in [-0.25, -0.2) is 29.9 Å². The molecule has 456 valence electrons. The van der Waals surface area contributed by atoms with E-state index in [1.54, 1.807) is 22.7 Å². The molecule has 0 saturated heterocycles. The maximum Gasteiger partial charge on any atom is 0.165 e. The molecule has 4 heterocycles. The lowest BCUT2D eigenvalue weighted by Crippen LogP contribution is -2.00. The van der Waals surface area contributed by atoms with E-state index in [2.05, 4.69) is 273 Å². The number of hydrogen-bond acceptors (Lipinski definition) is 8. The van der Waals surface area contributed by atoms with E-state index in [-0.39, 0.29) is 0 Å². The van der Waals surface area contributed by atoms with Gasteiger partial charge in [0.2, 0.25) is 0 Å². The third kappa shape index (κ3) is 10.0. The number of aromatic nitrogens is 6. The highest BCUT2D eigenvalue weighted by molar-refractivity contribution is 7.27. The van der Waals surface area contributed by atoms with Crippen LogP contribution in [-0.2, 0) is 0 Å².